The monoisotopic (exact) mass is 326 g/mol. The smallest absolute Gasteiger partial charge is 0.157 e. The lowest BCUT2D eigenvalue weighted by Crippen LogP contribution is -2.12. The van der Waals surface area contributed by atoms with Crippen molar-refractivity contribution in [2.24, 2.45) is 5.92 Å². The van der Waals surface area contributed by atoms with Crippen molar-refractivity contribution >= 4 is 0 Å². The molecule has 23 heavy (non-hydrogen) atoms. The van der Waals surface area contributed by atoms with Crippen LogP contribution in [0.15, 0.2) is 18.2 Å². The van der Waals surface area contributed by atoms with Gasteiger partial charge in [-0.15, -0.1) is 0 Å². The van der Waals surface area contributed by atoms with Crippen molar-refractivity contribution in [1.82, 2.24) is 0 Å². The SMILES string of the molecule is CC.CC.C[C@H](CC[C@@H]1CCC(O)O1)Cc1ccc(O)c(O)c1. The first-order valence-corrected chi connectivity index (χ1v) is 8.89. The minimum absolute atomic E-state index is 0.0630. The summed E-state index contributed by atoms with van der Waals surface area (Å²) in [4.78, 5) is 0. The second-order valence-electron chi connectivity index (χ2n) is 5.50. The fraction of sp³-hybridized carbons (Fsp3) is 0.684. The van der Waals surface area contributed by atoms with Gasteiger partial charge in [-0.05, 0) is 49.3 Å². The van der Waals surface area contributed by atoms with E-state index in [1.807, 2.05) is 33.8 Å². The van der Waals surface area contributed by atoms with E-state index >= 15 is 0 Å². The molecule has 0 radical (unpaired) electrons. The highest BCUT2D eigenvalue weighted by Gasteiger charge is 2.23. The van der Waals surface area contributed by atoms with Gasteiger partial charge in [0, 0.05) is 6.42 Å². The van der Waals surface area contributed by atoms with Gasteiger partial charge in [-0.1, -0.05) is 40.7 Å². The van der Waals surface area contributed by atoms with E-state index < -0.39 is 6.29 Å². The van der Waals surface area contributed by atoms with E-state index in [0.29, 0.717) is 5.92 Å². The normalized spacial score (nSPS) is 20.8. The minimum atomic E-state index is -0.575. The van der Waals surface area contributed by atoms with Crippen LogP contribution < -0.4 is 0 Å². The number of phenolic OH excluding ortho intramolecular Hbond substituents is 2. The number of aliphatic hydroxyl groups excluding tert-OH is 1. The van der Waals surface area contributed by atoms with Crippen molar-refractivity contribution in [3.05, 3.63) is 23.8 Å². The molecule has 1 aliphatic rings. The molecule has 1 unspecified atom stereocenters. The Hall–Kier alpha value is -1.26. The third-order valence-electron chi connectivity index (χ3n) is 3.69. The molecule has 0 spiro atoms. The predicted molar refractivity (Wildman–Crippen MR) is 94.7 cm³/mol. The molecule has 0 aliphatic carbocycles. The van der Waals surface area contributed by atoms with Gasteiger partial charge in [-0.2, -0.15) is 0 Å². The van der Waals surface area contributed by atoms with Crippen LogP contribution in [-0.2, 0) is 11.2 Å². The van der Waals surface area contributed by atoms with E-state index in [1.165, 1.54) is 6.07 Å². The lowest BCUT2D eigenvalue weighted by atomic mass is 9.94. The second kappa shape index (κ2) is 12.2. The number of rotatable bonds is 5. The second-order valence-corrected chi connectivity index (χ2v) is 5.50. The van der Waals surface area contributed by atoms with E-state index in [0.717, 1.165) is 37.7 Å². The number of hydrogen-bond donors (Lipinski definition) is 3. The van der Waals surface area contributed by atoms with Crippen molar-refractivity contribution in [3.63, 3.8) is 0 Å². The Bertz CT molecular complexity index is 420. The first-order chi connectivity index (χ1) is 11.0. The van der Waals surface area contributed by atoms with Gasteiger partial charge in [0.1, 0.15) is 0 Å². The van der Waals surface area contributed by atoms with Gasteiger partial charge in [-0.3, -0.25) is 0 Å². The Labute approximate surface area is 141 Å². The first kappa shape index (κ1) is 21.7. The lowest BCUT2D eigenvalue weighted by Gasteiger charge is -2.15. The van der Waals surface area contributed by atoms with Crippen molar-refractivity contribution < 1.29 is 20.1 Å². The summed E-state index contributed by atoms with van der Waals surface area (Å²) in [5.41, 5.74) is 1.02. The Kier molecular flexibility index (Phi) is 11.5. The molecule has 2 rings (SSSR count). The van der Waals surface area contributed by atoms with Crippen LogP contribution in [0.5, 0.6) is 11.5 Å². The summed E-state index contributed by atoms with van der Waals surface area (Å²) in [5.74, 6) is 0.335. The Morgan fingerprint density at radius 1 is 1.09 bits per heavy atom. The molecule has 1 aliphatic heterocycles. The highest BCUT2D eigenvalue weighted by atomic mass is 16.6. The average molecular weight is 326 g/mol. The maximum absolute atomic E-state index is 9.45. The molecule has 3 atom stereocenters. The fourth-order valence-corrected chi connectivity index (χ4v) is 2.57. The Balaban J connectivity index is 0.00000112. The minimum Gasteiger partial charge on any atom is -0.504 e. The molecule has 4 heteroatoms. The topological polar surface area (TPSA) is 69.9 Å². The molecule has 1 aromatic rings. The molecule has 0 aromatic heterocycles. The standard InChI is InChI=1S/C15H22O4.2C2H6/c1-10(2-4-12-5-7-15(18)19-12)8-11-3-6-13(16)14(17)9-11;2*1-2/h3,6,9-10,12,15-18H,2,4-5,7-8H2,1H3;2*1-2H3/t10-,12-,15?;;/m1../s1. The molecule has 1 heterocycles. The van der Waals surface area contributed by atoms with Crippen molar-refractivity contribution in [2.45, 2.75) is 79.1 Å². The summed E-state index contributed by atoms with van der Waals surface area (Å²) in [7, 11) is 0. The average Bonchev–Trinajstić information content (AvgIpc) is 2.98. The zero-order chi connectivity index (χ0) is 17.8. The summed E-state index contributed by atoms with van der Waals surface area (Å²) >= 11 is 0. The zero-order valence-electron chi connectivity index (χ0n) is 15.2. The predicted octanol–water partition coefficient (Wildman–Crippen LogP) is 4.61. The maximum atomic E-state index is 9.45. The molecule has 0 saturated carbocycles. The molecule has 3 N–H and O–H groups in total. The molecule has 0 amide bonds. The van der Waals surface area contributed by atoms with Crippen molar-refractivity contribution in [3.8, 4) is 11.5 Å². The number of ether oxygens (including phenoxy) is 1. The van der Waals surface area contributed by atoms with Crippen LogP contribution >= 0.6 is 0 Å². The molecular weight excluding hydrogens is 292 g/mol. The van der Waals surface area contributed by atoms with Crippen LogP contribution in [-0.4, -0.2) is 27.7 Å². The van der Waals surface area contributed by atoms with Crippen LogP contribution in [0.3, 0.4) is 0 Å². The highest BCUT2D eigenvalue weighted by molar-refractivity contribution is 5.40. The number of benzene rings is 1. The third kappa shape index (κ3) is 8.24. The molecular formula is C19H34O4. The van der Waals surface area contributed by atoms with Crippen LogP contribution in [0.4, 0.5) is 0 Å². The van der Waals surface area contributed by atoms with E-state index in [2.05, 4.69) is 6.92 Å². The van der Waals surface area contributed by atoms with Gasteiger partial charge in [0.2, 0.25) is 0 Å². The molecule has 0 bridgehead atoms. The van der Waals surface area contributed by atoms with Crippen LogP contribution in [0.25, 0.3) is 0 Å². The molecule has 1 fully saturated rings. The van der Waals surface area contributed by atoms with Crippen LogP contribution in [0.2, 0.25) is 0 Å². The molecule has 134 valence electrons. The summed E-state index contributed by atoms with van der Waals surface area (Å²) in [6.45, 7) is 10.2. The van der Waals surface area contributed by atoms with E-state index in [-0.39, 0.29) is 17.6 Å². The maximum Gasteiger partial charge on any atom is 0.157 e. The van der Waals surface area contributed by atoms with Gasteiger partial charge < -0.3 is 20.1 Å². The van der Waals surface area contributed by atoms with Crippen molar-refractivity contribution in [2.75, 3.05) is 0 Å². The lowest BCUT2D eigenvalue weighted by molar-refractivity contribution is -0.0925. The van der Waals surface area contributed by atoms with E-state index in [9.17, 15) is 15.3 Å². The summed E-state index contributed by atoms with van der Waals surface area (Å²) in [6.07, 6.45) is 4.14. The van der Waals surface area contributed by atoms with Gasteiger partial charge in [-0.25, -0.2) is 0 Å². The summed E-state index contributed by atoms with van der Waals surface area (Å²) in [6, 6.07) is 4.97. The van der Waals surface area contributed by atoms with Gasteiger partial charge in [0.25, 0.3) is 0 Å². The quantitative estimate of drug-likeness (QED) is 0.691. The highest BCUT2D eigenvalue weighted by Crippen LogP contribution is 2.28. The number of aliphatic hydroxyl groups is 1. The summed E-state index contributed by atoms with van der Waals surface area (Å²) in [5, 5.41) is 28.0. The number of phenols is 2. The zero-order valence-corrected chi connectivity index (χ0v) is 15.2. The van der Waals surface area contributed by atoms with Crippen LogP contribution in [0.1, 0.15) is 65.9 Å². The number of aromatic hydroxyl groups is 2. The van der Waals surface area contributed by atoms with E-state index in [4.69, 9.17) is 4.74 Å². The molecule has 1 aromatic carbocycles. The Morgan fingerprint density at radius 2 is 1.74 bits per heavy atom. The third-order valence-corrected chi connectivity index (χ3v) is 3.69. The number of hydrogen-bond acceptors (Lipinski definition) is 4. The first-order valence-electron chi connectivity index (χ1n) is 8.89. The fourth-order valence-electron chi connectivity index (χ4n) is 2.57. The summed E-state index contributed by atoms with van der Waals surface area (Å²) < 4.78 is 5.38. The van der Waals surface area contributed by atoms with Gasteiger partial charge in [0.05, 0.1) is 6.10 Å². The van der Waals surface area contributed by atoms with Crippen LogP contribution in [0, 0.1) is 5.92 Å². The largest absolute Gasteiger partial charge is 0.504 e. The van der Waals surface area contributed by atoms with Crippen molar-refractivity contribution in [1.29, 1.82) is 0 Å². The molecule has 4 nitrogen and oxygen atoms in total. The van der Waals surface area contributed by atoms with E-state index in [1.54, 1.807) is 6.07 Å². The van der Waals surface area contributed by atoms with Gasteiger partial charge >= 0.3 is 0 Å². The molecule has 1 saturated heterocycles. The Morgan fingerprint density at radius 3 is 2.26 bits per heavy atom. The van der Waals surface area contributed by atoms with Gasteiger partial charge in [0.15, 0.2) is 17.8 Å².